The van der Waals surface area contributed by atoms with Crippen LogP contribution < -0.4 is 0 Å². The minimum absolute atomic E-state index is 0.214. The summed E-state index contributed by atoms with van der Waals surface area (Å²) in [6, 6.07) is 9.36. The van der Waals surface area contributed by atoms with Gasteiger partial charge in [0.2, 0.25) is 0 Å². The molecule has 0 bridgehead atoms. The summed E-state index contributed by atoms with van der Waals surface area (Å²) in [6.07, 6.45) is 0.619. The standard InChI is InChI=1S/C15H20O4/c1-3-18-14(16)11-10-13(15(17)19-4-2)12-8-6-5-7-9-12/h5-9,13H,3-4,10-11H2,1-2H3/t13-/m1/s1. The number of benzene rings is 1. The number of ether oxygens (including phenoxy) is 2. The summed E-state index contributed by atoms with van der Waals surface area (Å²) in [5.74, 6) is -0.990. The predicted molar refractivity (Wildman–Crippen MR) is 71.7 cm³/mol. The van der Waals surface area contributed by atoms with Gasteiger partial charge < -0.3 is 9.47 Å². The van der Waals surface area contributed by atoms with E-state index in [9.17, 15) is 9.59 Å². The Bertz CT molecular complexity index is 400. The van der Waals surface area contributed by atoms with Crippen LogP contribution in [0.15, 0.2) is 30.3 Å². The third kappa shape index (κ3) is 5.12. The van der Waals surface area contributed by atoms with Gasteiger partial charge >= 0.3 is 11.9 Å². The lowest BCUT2D eigenvalue weighted by molar-refractivity contribution is -0.146. The molecule has 0 spiro atoms. The van der Waals surface area contributed by atoms with Crippen molar-refractivity contribution in [1.82, 2.24) is 0 Å². The van der Waals surface area contributed by atoms with Crippen LogP contribution in [0, 0.1) is 0 Å². The van der Waals surface area contributed by atoms with Crippen LogP contribution in [0.2, 0.25) is 0 Å². The van der Waals surface area contributed by atoms with Gasteiger partial charge in [-0.15, -0.1) is 0 Å². The first-order valence-electron chi connectivity index (χ1n) is 6.56. The summed E-state index contributed by atoms with van der Waals surface area (Å²) >= 11 is 0. The first kappa shape index (κ1) is 15.2. The Morgan fingerprint density at radius 1 is 1.05 bits per heavy atom. The molecule has 0 radical (unpaired) electrons. The fraction of sp³-hybridized carbons (Fsp3) is 0.467. The largest absolute Gasteiger partial charge is 0.466 e. The number of esters is 2. The molecule has 1 atom stereocenters. The molecule has 0 aromatic heterocycles. The topological polar surface area (TPSA) is 52.6 Å². The van der Waals surface area contributed by atoms with Gasteiger partial charge in [-0.2, -0.15) is 0 Å². The van der Waals surface area contributed by atoms with Gasteiger partial charge in [0, 0.05) is 6.42 Å². The normalized spacial score (nSPS) is 11.7. The van der Waals surface area contributed by atoms with E-state index in [1.807, 2.05) is 30.3 Å². The Morgan fingerprint density at radius 3 is 2.26 bits per heavy atom. The highest BCUT2D eigenvalue weighted by molar-refractivity contribution is 5.79. The third-order valence-electron chi connectivity index (χ3n) is 2.72. The van der Waals surface area contributed by atoms with Crippen molar-refractivity contribution in [3.05, 3.63) is 35.9 Å². The zero-order chi connectivity index (χ0) is 14.1. The van der Waals surface area contributed by atoms with Gasteiger partial charge in [0.05, 0.1) is 19.1 Å². The Hall–Kier alpha value is -1.84. The number of hydrogen-bond donors (Lipinski definition) is 0. The Kier molecular flexibility index (Phi) is 6.64. The maximum atomic E-state index is 11.9. The predicted octanol–water partition coefficient (Wildman–Crippen LogP) is 2.68. The van der Waals surface area contributed by atoms with Gasteiger partial charge in [0.1, 0.15) is 0 Å². The average Bonchev–Trinajstić information content (AvgIpc) is 2.41. The molecule has 4 nitrogen and oxygen atoms in total. The quantitative estimate of drug-likeness (QED) is 0.710. The second-order valence-corrected chi connectivity index (χ2v) is 4.06. The zero-order valence-electron chi connectivity index (χ0n) is 11.4. The summed E-state index contributed by atoms with van der Waals surface area (Å²) in [6.45, 7) is 4.22. The van der Waals surface area contributed by atoms with E-state index in [0.717, 1.165) is 5.56 Å². The Balaban J connectivity index is 2.70. The second kappa shape index (κ2) is 8.29. The molecule has 1 aromatic rings. The van der Waals surface area contributed by atoms with Crippen molar-refractivity contribution in [3.8, 4) is 0 Å². The van der Waals surface area contributed by atoms with Gasteiger partial charge in [-0.25, -0.2) is 0 Å². The SMILES string of the molecule is CCOC(=O)CC[C@@H](C(=O)OCC)c1ccccc1. The first-order chi connectivity index (χ1) is 9.19. The Labute approximate surface area is 113 Å². The van der Waals surface area contributed by atoms with Crippen molar-refractivity contribution in [1.29, 1.82) is 0 Å². The molecule has 0 amide bonds. The third-order valence-corrected chi connectivity index (χ3v) is 2.72. The summed E-state index contributed by atoms with van der Waals surface area (Å²) in [7, 11) is 0. The van der Waals surface area contributed by atoms with E-state index in [1.54, 1.807) is 13.8 Å². The summed E-state index contributed by atoms with van der Waals surface area (Å²) in [5.41, 5.74) is 0.866. The summed E-state index contributed by atoms with van der Waals surface area (Å²) < 4.78 is 9.94. The van der Waals surface area contributed by atoms with Crippen molar-refractivity contribution in [3.63, 3.8) is 0 Å². The highest BCUT2D eigenvalue weighted by atomic mass is 16.5. The van der Waals surface area contributed by atoms with E-state index < -0.39 is 5.92 Å². The molecular weight excluding hydrogens is 244 g/mol. The zero-order valence-corrected chi connectivity index (χ0v) is 11.4. The fourth-order valence-corrected chi connectivity index (χ4v) is 1.84. The summed E-state index contributed by atoms with van der Waals surface area (Å²) in [4.78, 5) is 23.3. The number of hydrogen-bond acceptors (Lipinski definition) is 4. The molecule has 0 aliphatic heterocycles. The van der Waals surface area contributed by atoms with E-state index in [1.165, 1.54) is 0 Å². The average molecular weight is 264 g/mol. The summed E-state index contributed by atoms with van der Waals surface area (Å²) in [5, 5.41) is 0. The molecule has 1 rings (SSSR count). The minimum Gasteiger partial charge on any atom is -0.466 e. The van der Waals surface area contributed by atoms with Gasteiger partial charge in [0.25, 0.3) is 0 Å². The van der Waals surface area contributed by atoms with Crippen LogP contribution in [0.4, 0.5) is 0 Å². The molecule has 0 aliphatic carbocycles. The van der Waals surface area contributed by atoms with Gasteiger partial charge in [-0.3, -0.25) is 9.59 Å². The number of rotatable bonds is 7. The molecule has 104 valence electrons. The maximum Gasteiger partial charge on any atom is 0.313 e. The van der Waals surface area contributed by atoms with Crippen molar-refractivity contribution >= 4 is 11.9 Å². The van der Waals surface area contributed by atoms with Crippen LogP contribution in [0.3, 0.4) is 0 Å². The maximum absolute atomic E-state index is 11.9. The van der Waals surface area contributed by atoms with E-state index in [0.29, 0.717) is 19.6 Å². The smallest absolute Gasteiger partial charge is 0.313 e. The molecular formula is C15H20O4. The molecule has 0 heterocycles. The number of carbonyl (C=O) groups excluding carboxylic acids is 2. The van der Waals surface area contributed by atoms with Crippen molar-refractivity contribution < 1.29 is 19.1 Å². The van der Waals surface area contributed by atoms with Gasteiger partial charge in [-0.05, 0) is 25.8 Å². The van der Waals surface area contributed by atoms with E-state index in [-0.39, 0.29) is 18.4 Å². The second-order valence-electron chi connectivity index (χ2n) is 4.06. The van der Waals surface area contributed by atoms with Crippen molar-refractivity contribution in [2.45, 2.75) is 32.6 Å². The molecule has 0 saturated carbocycles. The molecule has 0 fully saturated rings. The van der Waals surface area contributed by atoms with E-state index >= 15 is 0 Å². The van der Waals surface area contributed by atoms with Crippen LogP contribution in [0.5, 0.6) is 0 Å². The van der Waals surface area contributed by atoms with Gasteiger partial charge in [0.15, 0.2) is 0 Å². The highest BCUT2D eigenvalue weighted by Crippen LogP contribution is 2.23. The van der Waals surface area contributed by atoms with E-state index in [2.05, 4.69) is 0 Å². The lowest BCUT2D eigenvalue weighted by atomic mass is 9.94. The molecule has 4 heteroatoms. The monoisotopic (exact) mass is 264 g/mol. The van der Waals surface area contributed by atoms with Crippen LogP contribution >= 0.6 is 0 Å². The van der Waals surface area contributed by atoms with Crippen molar-refractivity contribution in [2.24, 2.45) is 0 Å². The van der Waals surface area contributed by atoms with Crippen molar-refractivity contribution in [2.75, 3.05) is 13.2 Å². The lowest BCUT2D eigenvalue weighted by Gasteiger charge is -2.15. The first-order valence-corrected chi connectivity index (χ1v) is 6.56. The fourth-order valence-electron chi connectivity index (χ4n) is 1.84. The molecule has 0 unspecified atom stereocenters. The lowest BCUT2D eigenvalue weighted by Crippen LogP contribution is -2.18. The Morgan fingerprint density at radius 2 is 1.68 bits per heavy atom. The highest BCUT2D eigenvalue weighted by Gasteiger charge is 2.22. The molecule has 19 heavy (non-hydrogen) atoms. The van der Waals surface area contributed by atoms with E-state index in [4.69, 9.17) is 9.47 Å². The minimum atomic E-state index is -0.412. The molecule has 0 saturated heterocycles. The molecule has 0 aliphatic rings. The van der Waals surface area contributed by atoms with Crippen LogP contribution in [-0.2, 0) is 19.1 Å². The van der Waals surface area contributed by atoms with Crippen LogP contribution in [-0.4, -0.2) is 25.2 Å². The number of carbonyl (C=O) groups is 2. The van der Waals surface area contributed by atoms with Crippen LogP contribution in [0.1, 0.15) is 38.2 Å². The van der Waals surface area contributed by atoms with Crippen LogP contribution in [0.25, 0.3) is 0 Å². The van der Waals surface area contributed by atoms with Gasteiger partial charge in [-0.1, -0.05) is 30.3 Å². The molecule has 0 N–H and O–H groups in total. The molecule has 1 aromatic carbocycles.